The Morgan fingerprint density at radius 2 is 1.97 bits per heavy atom. The number of halogens is 2. The number of aliphatic hydroxyl groups excluding tert-OH is 1. The van der Waals surface area contributed by atoms with E-state index in [0.717, 1.165) is 30.3 Å². The third-order valence-electron chi connectivity index (χ3n) is 5.82. The molecule has 0 amide bonds. The normalized spacial score (nSPS) is 18.5. The van der Waals surface area contributed by atoms with Crippen molar-refractivity contribution < 1.29 is 23.4 Å². The van der Waals surface area contributed by atoms with E-state index in [1.165, 1.54) is 12.1 Å². The number of nitrogens with zero attached hydrogens (tertiary/aromatic N) is 3. The lowest BCUT2D eigenvalue weighted by Gasteiger charge is -2.27. The van der Waals surface area contributed by atoms with Gasteiger partial charge in [-0.25, -0.2) is 14.4 Å². The van der Waals surface area contributed by atoms with Gasteiger partial charge in [0, 0.05) is 23.9 Å². The van der Waals surface area contributed by atoms with Crippen LogP contribution in [-0.4, -0.2) is 38.8 Å². The summed E-state index contributed by atoms with van der Waals surface area (Å²) in [5.74, 6) is -0.636. The molecule has 3 heterocycles. The van der Waals surface area contributed by atoms with E-state index < -0.39 is 11.6 Å². The van der Waals surface area contributed by atoms with Crippen LogP contribution in [0.15, 0.2) is 54.9 Å². The number of ether oxygens (including phenoxy) is 2. The van der Waals surface area contributed by atoms with Crippen LogP contribution in [0.25, 0.3) is 16.8 Å². The maximum Gasteiger partial charge on any atom is 0.201 e. The van der Waals surface area contributed by atoms with Gasteiger partial charge in [-0.15, -0.1) is 0 Å². The number of hydrogen-bond acceptors (Lipinski definition) is 6. The number of benzene rings is 2. The number of rotatable bonds is 5. The zero-order valence-electron chi connectivity index (χ0n) is 17.6. The standard InChI is InChI=1S/C24H22F2N4O3/c25-18-2-1-3-19(20(18)26)33-16-7-4-14(5-8-16)21-22-23(27)28-10-11-30(22)24(29-21)15-6-9-17(12-31)32-13-15/h1-5,7-8,10-11,15,17,31H,6,9,12-13H2,(H2,27,28)/t15-,17+/m1/s1. The van der Waals surface area contributed by atoms with Crippen LogP contribution < -0.4 is 10.5 Å². The molecule has 170 valence electrons. The second kappa shape index (κ2) is 8.76. The molecule has 33 heavy (non-hydrogen) atoms. The predicted molar refractivity (Wildman–Crippen MR) is 118 cm³/mol. The van der Waals surface area contributed by atoms with E-state index in [4.69, 9.17) is 20.2 Å². The Labute approximate surface area is 188 Å². The summed E-state index contributed by atoms with van der Waals surface area (Å²) in [6.07, 6.45) is 4.88. The minimum atomic E-state index is -1.04. The fraction of sp³-hybridized carbons (Fsp3) is 0.250. The Morgan fingerprint density at radius 1 is 1.15 bits per heavy atom. The number of nitrogens with two attached hydrogens (primary N) is 1. The number of anilines is 1. The topological polar surface area (TPSA) is 94.9 Å². The zero-order valence-corrected chi connectivity index (χ0v) is 17.6. The van der Waals surface area contributed by atoms with E-state index in [1.54, 1.807) is 30.5 Å². The molecule has 5 rings (SSSR count). The Morgan fingerprint density at radius 3 is 2.70 bits per heavy atom. The molecule has 1 aliphatic heterocycles. The van der Waals surface area contributed by atoms with Crippen molar-refractivity contribution in [2.24, 2.45) is 0 Å². The number of imidazole rings is 1. The van der Waals surface area contributed by atoms with Crippen molar-refractivity contribution >= 4 is 11.3 Å². The van der Waals surface area contributed by atoms with Crippen LogP contribution in [0.1, 0.15) is 24.6 Å². The number of hydrogen-bond donors (Lipinski definition) is 2. The van der Waals surface area contributed by atoms with Gasteiger partial charge in [0.05, 0.1) is 19.3 Å². The largest absolute Gasteiger partial charge is 0.454 e. The summed E-state index contributed by atoms with van der Waals surface area (Å²) >= 11 is 0. The van der Waals surface area contributed by atoms with E-state index in [9.17, 15) is 13.9 Å². The third kappa shape index (κ3) is 4.01. The number of nitrogen functional groups attached to an aromatic ring is 1. The fourth-order valence-corrected chi connectivity index (χ4v) is 4.10. The van der Waals surface area contributed by atoms with E-state index in [-0.39, 0.29) is 24.4 Å². The highest BCUT2D eigenvalue weighted by atomic mass is 19.2. The first-order valence-corrected chi connectivity index (χ1v) is 10.6. The Balaban J connectivity index is 1.48. The Kier molecular flexibility index (Phi) is 5.65. The molecule has 0 aliphatic carbocycles. The van der Waals surface area contributed by atoms with Gasteiger partial charge < -0.3 is 20.3 Å². The van der Waals surface area contributed by atoms with Gasteiger partial charge in [-0.05, 0) is 49.2 Å². The molecule has 3 N–H and O–H groups in total. The van der Waals surface area contributed by atoms with Gasteiger partial charge in [-0.2, -0.15) is 4.39 Å². The Bertz CT molecular complexity index is 1290. The van der Waals surface area contributed by atoms with Gasteiger partial charge in [-0.3, -0.25) is 4.40 Å². The van der Waals surface area contributed by atoms with Crippen molar-refractivity contribution in [1.82, 2.24) is 14.4 Å². The van der Waals surface area contributed by atoms with Crippen LogP contribution in [0.2, 0.25) is 0 Å². The van der Waals surface area contributed by atoms with E-state index in [0.29, 0.717) is 29.4 Å². The average Bonchev–Trinajstić information content (AvgIpc) is 3.24. The summed E-state index contributed by atoms with van der Waals surface area (Å²) in [5, 5.41) is 9.33. The minimum Gasteiger partial charge on any atom is -0.454 e. The van der Waals surface area contributed by atoms with Crippen LogP contribution >= 0.6 is 0 Å². The van der Waals surface area contributed by atoms with Gasteiger partial charge >= 0.3 is 0 Å². The molecule has 0 unspecified atom stereocenters. The summed E-state index contributed by atoms with van der Waals surface area (Å²) in [4.78, 5) is 9.10. The summed E-state index contributed by atoms with van der Waals surface area (Å²) < 4.78 is 40.5. The van der Waals surface area contributed by atoms with Crippen LogP contribution in [0.5, 0.6) is 11.5 Å². The molecule has 2 atom stereocenters. The monoisotopic (exact) mass is 452 g/mol. The average molecular weight is 452 g/mol. The zero-order chi connectivity index (χ0) is 22.9. The summed E-state index contributed by atoms with van der Waals surface area (Å²) in [5.41, 5.74) is 8.32. The van der Waals surface area contributed by atoms with Crippen molar-refractivity contribution in [2.45, 2.75) is 24.9 Å². The maximum absolute atomic E-state index is 13.9. The Hall–Kier alpha value is -3.56. The minimum absolute atomic E-state index is 0.00507. The molecule has 4 aromatic rings. The SMILES string of the molecule is Nc1nccn2c([C@@H]3CC[C@@H](CO)OC3)nc(-c3ccc(Oc4cccc(F)c4F)cc3)c12. The molecule has 1 fully saturated rings. The second-order valence-electron chi connectivity index (χ2n) is 7.94. The highest BCUT2D eigenvalue weighted by Crippen LogP contribution is 2.35. The van der Waals surface area contributed by atoms with Gasteiger partial charge in [0.15, 0.2) is 11.6 Å². The van der Waals surface area contributed by atoms with Crippen LogP contribution in [0.4, 0.5) is 14.6 Å². The van der Waals surface area contributed by atoms with Crippen LogP contribution in [0, 0.1) is 11.6 Å². The summed E-state index contributed by atoms with van der Waals surface area (Å²) in [6, 6.07) is 10.7. The molecule has 2 aromatic heterocycles. The number of fused-ring (bicyclic) bond motifs is 1. The van der Waals surface area contributed by atoms with Crippen molar-refractivity contribution in [3.05, 3.63) is 72.3 Å². The smallest absolute Gasteiger partial charge is 0.201 e. The molecule has 0 bridgehead atoms. The van der Waals surface area contributed by atoms with Gasteiger partial charge in [-0.1, -0.05) is 6.07 Å². The highest BCUT2D eigenvalue weighted by molar-refractivity contribution is 5.85. The molecule has 9 heteroatoms. The predicted octanol–water partition coefficient (Wildman–Crippen LogP) is 4.30. The van der Waals surface area contributed by atoms with Crippen molar-refractivity contribution in [2.75, 3.05) is 18.9 Å². The van der Waals surface area contributed by atoms with E-state index in [2.05, 4.69) is 4.98 Å². The molecular formula is C24H22F2N4O3. The first kappa shape index (κ1) is 21.3. The molecule has 1 saturated heterocycles. The number of aromatic nitrogens is 3. The quantitative estimate of drug-likeness (QED) is 0.469. The van der Waals surface area contributed by atoms with E-state index >= 15 is 0 Å². The highest BCUT2D eigenvalue weighted by Gasteiger charge is 2.27. The second-order valence-corrected chi connectivity index (χ2v) is 7.94. The molecule has 7 nitrogen and oxygen atoms in total. The van der Waals surface area contributed by atoms with Gasteiger partial charge in [0.1, 0.15) is 28.6 Å². The molecule has 0 spiro atoms. The fourth-order valence-electron chi connectivity index (χ4n) is 4.10. The van der Waals surface area contributed by atoms with Crippen molar-refractivity contribution in [1.29, 1.82) is 0 Å². The van der Waals surface area contributed by atoms with Gasteiger partial charge in [0.25, 0.3) is 0 Å². The van der Waals surface area contributed by atoms with Crippen molar-refractivity contribution in [3.8, 4) is 22.8 Å². The first-order valence-electron chi connectivity index (χ1n) is 10.6. The van der Waals surface area contributed by atoms with E-state index in [1.807, 2.05) is 10.6 Å². The third-order valence-corrected chi connectivity index (χ3v) is 5.82. The van der Waals surface area contributed by atoms with Crippen molar-refractivity contribution in [3.63, 3.8) is 0 Å². The van der Waals surface area contributed by atoms with Crippen LogP contribution in [-0.2, 0) is 4.74 Å². The summed E-state index contributed by atoms with van der Waals surface area (Å²) in [7, 11) is 0. The lowest BCUT2D eigenvalue weighted by molar-refractivity contribution is -0.0282. The lowest BCUT2D eigenvalue weighted by atomic mass is 9.98. The molecular weight excluding hydrogens is 430 g/mol. The molecule has 1 aliphatic rings. The first-order chi connectivity index (χ1) is 16.0. The van der Waals surface area contributed by atoms with Gasteiger partial charge in [0.2, 0.25) is 5.82 Å². The molecule has 2 aromatic carbocycles. The number of aliphatic hydroxyl groups is 1. The maximum atomic E-state index is 13.9. The lowest BCUT2D eigenvalue weighted by Crippen LogP contribution is -2.28. The molecule has 0 saturated carbocycles. The summed E-state index contributed by atoms with van der Waals surface area (Å²) in [6.45, 7) is 0.461. The molecule has 0 radical (unpaired) electrons. The van der Waals surface area contributed by atoms with Crippen LogP contribution in [0.3, 0.4) is 0 Å².